The lowest BCUT2D eigenvalue weighted by Gasteiger charge is -2.47. The van der Waals surface area contributed by atoms with Gasteiger partial charge in [0, 0.05) is 17.9 Å². The molecule has 5 rings (SSSR count). The highest BCUT2D eigenvalue weighted by Crippen LogP contribution is 2.55. The molecule has 0 fully saturated rings. The van der Waals surface area contributed by atoms with E-state index in [9.17, 15) is 10.1 Å². The Morgan fingerprint density at radius 2 is 1.94 bits per heavy atom. The zero-order valence-electron chi connectivity index (χ0n) is 18.1. The van der Waals surface area contributed by atoms with Crippen molar-refractivity contribution in [2.75, 3.05) is 19.0 Å². The fourth-order valence-electron chi connectivity index (χ4n) is 5.60. The molecule has 2 N–H and O–H groups in total. The average molecular weight is 427 g/mol. The summed E-state index contributed by atoms with van der Waals surface area (Å²) in [5.74, 6) is 0.0284. The van der Waals surface area contributed by atoms with Crippen molar-refractivity contribution in [2.24, 2.45) is 5.92 Å². The number of nitriles is 1. The van der Waals surface area contributed by atoms with Crippen molar-refractivity contribution < 1.29 is 9.53 Å². The van der Waals surface area contributed by atoms with Gasteiger partial charge in [-0.05, 0) is 67.0 Å². The number of rotatable bonds is 4. The maximum Gasteiger partial charge on any atom is 0.241 e. The van der Waals surface area contributed by atoms with E-state index in [0.29, 0.717) is 6.54 Å². The van der Waals surface area contributed by atoms with Gasteiger partial charge in [0.1, 0.15) is 22.9 Å². The van der Waals surface area contributed by atoms with Crippen LogP contribution >= 0.6 is 0 Å². The monoisotopic (exact) mass is 426 g/mol. The Hall–Kier alpha value is -3.59. The summed E-state index contributed by atoms with van der Waals surface area (Å²) < 4.78 is 5.25. The summed E-state index contributed by atoms with van der Waals surface area (Å²) in [5.41, 5.74) is 3.75. The molecule has 0 aromatic heterocycles. The summed E-state index contributed by atoms with van der Waals surface area (Å²) >= 11 is 0. The SMILES string of the molecule is COc1ccc(CCN2C(=N)[C@@H](C#N)[C@]3(C(=O)Nc4ccccc43)C3=C2CCCC3)cc1. The Balaban J connectivity index is 1.58. The van der Waals surface area contributed by atoms with Gasteiger partial charge in [-0.3, -0.25) is 10.2 Å². The number of fused-ring (bicyclic) bond motifs is 3. The summed E-state index contributed by atoms with van der Waals surface area (Å²) in [6.45, 7) is 0.613. The lowest BCUT2D eigenvalue weighted by molar-refractivity contribution is -0.120. The highest BCUT2D eigenvalue weighted by molar-refractivity contribution is 6.13. The first-order valence-corrected chi connectivity index (χ1v) is 11.1. The largest absolute Gasteiger partial charge is 0.497 e. The third kappa shape index (κ3) is 2.85. The summed E-state index contributed by atoms with van der Waals surface area (Å²) in [6, 6.07) is 17.9. The molecular weight excluding hydrogens is 400 g/mol. The standard InChI is InChI=1S/C26H26N4O2/c1-32-18-12-10-17(11-13-18)14-15-30-23-9-5-3-7-20(23)26(21(16-27)24(30)28)19-6-2-4-8-22(19)29-25(26)31/h2,4,6,8,10-13,21,28H,3,5,7,9,14-15H2,1H3,(H,29,31)/t21-,26-/m1/s1. The topological polar surface area (TPSA) is 89.2 Å². The van der Waals surface area contributed by atoms with E-state index in [-0.39, 0.29) is 11.7 Å². The van der Waals surface area contributed by atoms with Crippen LogP contribution in [0.3, 0.4) is 0 Å². The molecule has 0 bridgehead atoms. The molecule has 6 nitrogen and oxygen atoms in total. The van der Waals surface area contributed by atoms with Crippen LogP contribution in [0.1, 0.15) is 36.8 Å². The number of nitrogens with one attached hydrogen (secondary N) is 2. The van der Waals surface area contributed by atoms with E-state index in [1.807, 2.05) is 53.4 Å². The molecule has 1 spiro atoms. The second kappa shape index (κ2) is 7.83. The fraction of sp³-hybridized carbons (Fsp3) is 0.346. The molecule has 1 amide bonds. The number of para-hydroxylation sites is 1. The van der Waals surface area contributed by atoms with Crippen molar-refractivity contribution in [3.8, 4) is 11.8 Å². The first-order chi connectivity index (χ1) is 15.6. The third-order valence-corrected chi connectivity index (χ3v) is 7.11. The predicted molar refractivity (Wildman–Crippen MR) is 122 cm³/mol. The number of amides is 1. The predicted octanol–water partition coefficient (Wildman–Crippen LogP) is 4.39. The van der Waals surface area contributed by atoms with E-state index in [4.69, 9.17) is 10.1 Å². The highest BCUT2D eigenvalue weighted by Gasteiger charge is 2.60. The van der Waals surface area contributed by atoms with Gasteiger partial charge in [0.15, 0.2) is 0 Å². The number of ether oxygens (including phenoxy) is 1. The summed E-state index contributed by atoms with van der Waals surface area (Å²) in [4.78, 5) is 15.5. The molecule has 2 heterocycles. The van der Waals surface area contributed by atoms with Gasteiger partial charge in [-0.25, -0.2) is 0 Å². The van der Waals surface area contributed by atoms with Crippen LogP contribution in [0.15, 0.2) is 59.8 Å². The van der Waals surface area contributed by atoms with Gasteiger partial charge in [-0.1, -0.05) is 30.3 Å². The van der Waals surface area contributed by atoms with Crippen LogP contribution in [0, 0.1) is 22.7 Å². The first-order valence-electron chi connectivity index (χ1n) is 11.1. The second-order valence-electron chi connectivity index (χ2n) is 8.64. The Morgan fingerprint density at radius 1 is 1.19 bits per heavy atom. The molecule has 0 unspecified atom stereocenters. The van der Waals surface area contributed by atoms with E-state index in [0.717, 1.165) is 65.9 Å². The Morgan fingerprint density at radius 3 is 2.69 bits per heavy atom. The van der Waals surface area contributed by atoms with Crippen LogP contribution in [0.4, 0.5) is 5.69 Å². The minimum Gasteiger partial charge on any atom is -0.497 e. The Bertz CT molecular complexity index is 1160. The van der Waals surface area contributed by atoms with Crippen LogP contribution in [0.2, 0.25) is 0 Å². The molecular formula is C26H26N4O2. The quantitative estimate of drug-likeness (QED) is 0.759. The number of methoxy groups -OCH3 is 1. The molecule has 0 radical (unpaired) electrons. The van der Waals surface area contributed by atoms with E-state index in [1.54, 1.807) is 7.11 Å². The van der Waals surface area contributed by atoms with E-state index in [1.165, 1.54) is 0 Å². The second-order valence-corrected chi connectivity index (χ2v) is 8.64. The van der Waals surface area contributed by atoms with Crippen molar-refractivity contribution in [1.82, 2.24) is 4.90 Å². The van der Waals surface area contributed by atoms with Gasteiger partial charge in [-0.2, -0.15) is 5.26 Å². The molecule has 1 aliphatic carbocycles. The number of hydrogen-bond acceptors (Lipinski definition) is 4. The van der Waals surface area contributed by atoms with Crippen molar-refractivity contribution in [3.05, 3.63) is 70.9 Å². The van der Waals surface area contributed by atoms with E-state index < -0.39 is 11.3 Å². The van der Waals surface area contributed by atoms with E-state index >= 15 is 0 Å². The van der Waals surface area contributed by atoms with Crippen LogP contribution in [0.25, 0.3) is 0 Å². The number of hydrogen-bond donors (Lipinski definition) is 2. The van der Waals surface area contributed by atoms with Crippen LogP contribution in [-0.4, -0.2) is 30.3 Å². The minimum atomic E-state index is -1.09. The Labute approximate surface area is 188 Å². The van der Waals surface area contributed by atoms with Gasteiger partial charge in [0.2, 0.25) is 5.91 Å². The third-order valence-electron chi connectivity index (χ3n) is 7.11. The smallest absolute Gasteiger partial charge is 0.241 e. The number of benzene rings is 2. The van der Waals surface area contributed by atoms with E-state index in [2.05, 4.69) is 11.4 Å². The van der Waals surface area contributed by atoms with Crippen molar-refractivity contribution in [1.29, 1.82) is 10.7 Å². The maximum atomic E-state index is 13.5. The lowest BCUT2D eigenvalue weighted by atomic mass is 9.60. The number of nitrogens with zero attached hydrogens (tertiary/aromatic N) is 2. The molecule has 2 aromatic carbocycles. The zero-order valence-corrected chi connectivity index (χ0v) is 18.1. The van der Waals surface area contributed by atoms with Crippen molar-refractivity contribution >= 4 is 17.4 Å². The number of amidine groups is 1. The highest BCUT2D eigenvalue weighted by atomic mass is 16.5. The van der Waals surface area contributed by atoms with Crippen LogP contribution in [0.5, 0.6) is 5.75 Å². The lowest BCUT2D eigenvalue weighted by Crippen LogP contribution is -2.56. The fourth-order valence-corrected chi connectivity index (χ4v) is 5.60. The molecule has 2 atom stereocenters. The molecule has 2 aliphatic heterocycles. The van der Waals surface area contributed by atoms with Gasteiger partial charge in [-0.15, -0.1) is 0 Å². The Kier molecular flexibility index (Phi) is 4.97. The van der Waals surface area contributed by atoms with Crippen molar-refractivity contribution in [2.45, 2.75) is 37.5 Å². The summed E-state index contributed by atoms with van der Waals surface area (Å²) in [6.07, 6.45) is 4.38. The van der Waals surface area contributed by atoms with Crippen molar-refractivity contribution in [3.63, 3.8) is 0 Å². The van der Waals surface area contributed by atoms with Gasteiger partial charge >= 0.3 is 0 Å². The molecule has 3 aliphatic rings. The number of anilines is 1. The van der Waals surface area contributed by atoms with Gasteiger partial charge < -0.3 is 15.0 Å². The van der Waals surface area contributed by atoms with Gasteiger partial charge in [0.05, 0.1) is 13.2 Å². The average Bonchev–Trinajstić information content (AvgIpc) is 3.12. The normalized spacial score (nSPS) is 24.1. The van der Waals surface area contributed by atoms with Gasteiger partial charge in [0.25, 0.3) is 0 Å². The number of allylic oxidation sites excluding steroid dienone is 1. The molecule has 162 valence electrons. The molecule has 6 heteroatoms. The maximum absolute atomic E-state index is 13.5. The van der Waals surface area contributed by atoms with Crippen LogP contribution in [-0.2, 0) is 16.6 Å². The number of carbonyl (C=O) groups excluding carboxylic acids is 1. The first kappa shape index (κ1) is 20.3. The molecule has 32 heavy (non-hydrogen) atoms. The molecule has 0 saturated heterocycles. The minimum absolute atomic E-state index is 0.167. The zero-order chi connectivity index (χ0) is 22.3. The molecule has 2 aromatic rings. The summed E-state index contributed by atoms with van der Waals surface area (Å²) in [5, 5.41) is 22.3. The summed E-state index contributed by atoms with van der Waals surface area (Å²) in [7, 11) is 1.65. The number of carbonyl (C=O) groups is 1. The molecule has 0 saturated carbocycles. The van der Waals surface area contributed by atoms with Crippen LogP contribution < -0.4 is 10.1 Å².